The van der Waals surface area contributed by atoms with Crippen LogP contribution in [0.2, 0.25) is 0 Å². The summed E-state index contributed by atoms with van der Waals surface area (Å²) in [6.45, 7) is 3.12. The van der Waals surface area contributed by atoms with Crippen LogP contribution in [-0.2, 0) is 13.0 Å². The molecule has 1 amide bonds. The molecule has 3 aromatic rings. The predicted octanol–water partition coefficient (Wildman–Crippen LogP) is 2.33. The van der Waals surface area contributed by atoms with Crippen LogP contribution in [0.25, 0.3) is 11.1 Å². The van der Waals surface area contributed by atoms with E-state index in [-0.39, 0.29) is 5.91 Å². The van der Waals surface area contributed by atoms with Crippen LogP contribution in [0.3, 0.4) is 0 Å². The molecule has 4 heterocycles. The average Bonchev–Trinajstić information content (AvgIpc) is 3.24. The van der Waals surface area contributed by atoms with Crippen LogP contribution in [0.5, 0.6) is 0 Å². The van der Waals surface area contributed by atoms with Crippen LogP contribution in [0.4, 0.5) is 0 Å². The first-order valence-electron chi connectivity index (χ1n) is 8.28. The van der Waals surface area contributed by atoms with Gasteiger partial charge in [0, 0.05) is 42.4 Å². The molecule has 7 heteroatoms. The van der Waals surface area contributed by atoms with Gasteiger partial charge in [-0.25, -0.2) is 4.98 Å². The number of aromatic amines is 1. The molecule has 1 aliphatic carbocycles. The van der Waals surface area contributed by atoms with Crippen molar-refractivity contribution in [3.63, 3.8) is 0 Å². The second kappa shape index (κ2) is 4.90. The van der Waals surface area contributed by atoms with Crippen molar-refractivity contribution in [1.82, 2.24) is 25.2 Å². The largest absolute Gasteiger partial charge is 0.336 e. The minimum absolute atomic E-state index is 0.0162. The van der Waals surface area contributed by atoms with Gasteiger partial charge in [-0.1, -0.05) is 5.16 Å². The number of H-pyrrole nitrogens is 1. The van der Waals surface area contributed by atoms with E-state index >= 15 is 0 Å². The highest BCUT2D eigenvalue weighted by Crippen LogP contribution is 2.40. The van der Waals surface area contributed by atoms with Crippen molar-refractivity contribution < 1.29 is 9.32 Å². The molecular weight excluding hydrogens is 306 g/mol. The Bertz CT molecular complexity index is 953. The zero-order valence-electron chi connectivity index (χ0n) is 13.4. The normalized spacial score (nSPS) is 17.3. The third-order valence-electron chi connectivity index (χ3n) is 4.95. The Morgan fingerprint density at radius 3 is 3.12 bits per heavy atom. The van der Waals surface area contributed by atoms with Crippen LogP contribution in [-0.4, -0.2) is 37.7 Å². The number of carbonyl (C=O) groups is 1. The summed E-state index contributed by atoms with van der Waals surface area (Å²) in [5.41, 5.74) is 5.00. The first-order valence-corrected chi connectivity index (χ1v) is 8.28. The zero-order chi connectivity index (χ0) is 16.3. The molecule has 122 valence electrons. The van der Waals surface area contributed by atoms with Crippen LogP contribution in [0.15, 0.2) is 16.8 Å². The number of rotatable bonds is 2. The fraction of sp³-hybridized carbons (Fsp3) is 0.412. The minimum atomic E-state index is 0.0162. The third kappa shape index (κ3) is 2.04. The maximum Gasteiger partial charge on any atom is 0.259 e. The van der Waals surface area contributed by atoms with Crippen molar-refractivity contribution >= 4 is 17.0 Å². The Kier molecular flexibility index (Phi) is 2.80. The van der Waals surface area contributed by atoms with Gasteiger partial charge >= 0.3 is 0 Å². The summed E-state index contributed by atoms with van der Waals surface area (Å²) in [5.74, 6) is 0.468. The summed E-state index contributed by atoms with van der Waals surface area (Å²) in [4.78, 5) is 19.6. The molecule has 1 saturated carbocycles. The number of fused-ring (bicyclic) bond motifs is 2. The molecule has 0 aromatic carbocycles. The standard InChI is InChI=1S/C17H17N5O2/c1-9-15-12(6-14(10-2-3-10)19-16(15)24-21-9)17(23)22-5-4-13-11(8-22)7-18-20-13/h6-7,10H,2-5,8H2,1H3,(H,18,20). The molecule has 2 aliphatic rings. The topological polar surface area (TPSA) is 87.9 Å². The molecule has 1 fully saturated rings. The lowest BCUT2D eigenvalue weighted by atomic mass is 10.0. The fourth-order valence-electron chi connectivity index (χ4n) is 3.44. The number of nitrogens with zero attached hydrogens (tertiary/aromatic N) is 4. The van der Waals surface area contributed by atoms with Crippen molar-refractivity contribution in [2.45, 2.75) is 38.6 Å². The van der Waals surface area contributed by atoms with Crippen molar-refractivity contribution in [2.75, 3.05) is 6.54 Å². The van der Waals surface area contributed by atoms with Crippen LogP contribution in [0.1, 0.15) is 51.8 Å². The molecular formula is C17H17N5O2. The van der Waals surface area contributed by atoms with E-state index in [0.29, 0.717) is 36.0 Å². The highest BCUT2D eigenvalue weighted by Gasteiger charge is 2.31. The number of hydrogen-bond donors (Lipinski definition) is 1. The van der Waals surface area contributed by atoms with Gasteiger partial charge in [-0.3, -0.25) is 9.89 Å². The van der Waals surface area contributed by atoms with Crippen LogP contribution >= 0.6 is 0 Å². The molecule has 5 rings (SSSR count). The summed E-state index contributed by atoms with van der Waals surface area (Å²) in [5, 5.41) is 11.8. The van der Waals surface area contributed by atoms with E-state index < -0.39 is 0 Å². The number of carbonyl (C=O) groups excluding carboxylic acids is 1. The van der Waals surface area contributed by atoms with Crippen molar-refractivity contribution in [1.29, 1.82) is 0 Å². The van der Waals surface area contributed by atoms with Gasteiger partial charge in [0.1, 0.15) is 0 Å². The van der Waals surface area contributed by atoms with E-state index in [0.717, 1.165) is 41.6 Å². The second-order valence-corrected chi connectivity index (χ2v) is 6.67. The summed E-state index contributed by atoms with van der Waals surface area (Å²) in [6.07, 6.45) is 4.85. The van der Waals surface area contributed by atoms with Crippen molar-refractivity contribution in [2.24, 2.45) is 0 Å². The Morgan fingerprint density at radius 1 is 1.42 bits per heavy atom. The number of nitrogens with one attached hydrogen (secondary N) is 1. The minimum Gasteiger partial charge on any atom is -0.336 e. The molecule has 0 unspecified atom stereocenters. The molecule has 3 aromatic heterocycles. The maximum absolute atomic E-state index is 13.2. The molecule has 0 radical (unpaired) electrons. The van der Waals surface area contributed by atoms with Gasteiger partial charge in [0.05, 0.1) is 22.8 Å². The monoisotopic (exact) mass is 323 g/mol. The number of hydrogen-bond acceptors (Lipinski definition) is 5. The number of aryl methyl sites for hydroxylation is 1. The lowest BCUT2D eigenvalue weighted by Gasteiger charge is -2.27. The van der Waals surface area contributed by atoms with Gasteiger partial charge in [-0.2, -0.15) is 5.10 Å². The summed E-state index contributed by atoms with van der Waals surface area (Å²) < 4.78 is 5.34. The lowest BCUT2D eigenvalue weighted by Crippen LogP contribution is -2.36. The highest BCUT2D eigenvalue weighted by molar-refractivity contribution is 6.06. The molecule has 7 nitrogen and oxygen atoms in total. The van der Waals surface area contributed by atoms with Crippen LogP contribution < -0.4 is 0 Å². The first-order chi connectivity index (χ1) is 11.7. The van der Waals surface area contributed by atoms with Crippen LogP contribution in [0, 0.1) is 6.92 Å². The molecule has 0 bridgehead atoms. The van der Waals surface area contributed by atoms with E-state index in [4.69, 9.17) is 4.52 Å². The van der Waals surface area contributed by atoms with Gasteiger partial charge in [0.2, 0.25) is 0 Å². The molecule has 1 aliphatic heterocycles. The third-order valence-corrected chi connectivity index (χ3v) is 4.95. The van der Waals surface area contributed by atoms with Gasteiger partial charge in [-0.15, -0.1) is 0 Å². The van der Waals surface area contributed by atoms with E-state index in [1.165, 1.54) is 0 Å². The SMILES string of the molecule is Cc1noc2nc(C3CC3)cc(C(=O)N3CCc4[nH]ncc4C3)c12. The van der Waals surface area contributed by atoms with E-state index in [1.807, 2.05) is 17.9 Å². The van der Waals surface area contributed by atoms with Crippen molar-refractivity contribution in [3.8, 4) is 0 Å². The lowest BCUT2D eigenvalue weighted by molar-refractivity contribution is 0.0736. The van der Waals surface area contributed by atoms with Gasteiger partial charge in [0.15, 0.2) is 0 Å². The van der Waals surface area contributed by atoms with E-state index in [2.05, 4.69) is 20.3 Å². The zero-order valence-corrected chi connectivity index (χ0v) is 13.4. The molecule has 0 spiro atoms. The van der Waals surface area contributed by atoms with Gasteiger partial charge in [0.25, 0.3) is 11.6 Å². The summed E-state index contributed by atoms with van der Waals surface area (Å²) >= 11 is 0. The smallest absolute Gasteiger partial charge is 0.259 e. The molecule has 24 heavy (non-hydrogen) atoms. The highest BCUT2D eigenvalue weighted by atomic mass is 16.5. The van der Waals surface area contributed by atoms with E-state index in [1.54, 1.807) is 6.20 Å². The quantitative estimate of drug-likeness (QED) is 0.782. The predicted molar refractivity (Wildman–Crippen MR) is 85.5 cm³/mol. The second-order valence-electron chi connectivity index (χ2n) is 6.67. The Balaban J connectivity index is 1.58. The number of aromatic nitrogens is 4. The maximum atomic E-state index is 13.2. The summed E-state index contributed by atoms with van der Waals surface area (Å²) in [6, 6.07) is 1.94. The number of amides is 1. The van der Waals surface area contributed by atoms with Gasteiger partial charge in [-0.05, 0) is 25.8 Å². The Hall–Kier alpha value is -2.70. The van der Waals surface area contributed by atoms with E-state index in [9.17, 15) is 4.79 Å². The fourth-order valence-corrected chi connectivity index (χ4v) is 3.44. The van der Waals surface area contributed by atoms with Crippen molar-refractivity contribution in [3.05, 3.63) is 40.5 Å². The average molecular weight is 323 g/mol. The number of pyridine rings is 1. The Morgan fingerprint density at radius 2 is 2.29 bits per heavy atom. The molecule has 1 N–H and O–H groups in total. The summed E-state index contributed by atoms with van der Waals surface area (Å²) in [7, 11) is 0. The van der Waals surface area contributed by atoms with Gasteiger partial charge < -0.3 is 9.42 Å². The Labute approximate surface area is 138 Å². The molecule has 0 saturated heterocycles. The molecule has 0 atom stereocenters. The first kappa shape index (κ1) is 13.7.